The summed E-state index contributed by atoms with van der Waals surface area (Å²) in [6.45, 7) is 3.18. The smallest absolute Gasteiger partial charge is 0.228 e. The van der Waals surface area contributed by atoms with Crippen molar-refractivity contribution in [3.8, 4) is 10.7 Å². The highest BCUT2D eigenvalue weighted by molar-refractivity contribution is 7.14. The van der Waals surface area contributed by atoms with Crippen LogP contribution in [0.25, 0.3) is 21.5 Å². The van der Waals surface area contributed by atoms with Crippen LogP contribution >= 0.6 is 11.3 Å². The number of hydrogen-bond acceptors (Lipinski definition) is 6. The molecule has 4 rings (SSSR count). The molecule has 3 aromatic rings. The number of alkyl halides is 1. The third-order valence-corrected chi connectivity index (χ3v) is 6.31. The molecule has 1 amide bonds. The Morgan fingerprint density at radius 1 is 1.17 bits per heavy atom. The lowest BCUT2D eigenvalue weighted by atomic mass is 9.92. The van der Waals surface area contributed by atoms with Gasteiger partial charge in [-0.2, -0.15) is 0 Å². The number of aromatic nitrogens is 4. The van der Waals surface area contributed by atoms with E-state index in [2.05, 4.69) is 20.2 Å². The average molecular weight is 414 g/mol. The maximum absolute atomic E-state index is 12.7. The molecule has 1 aliphatic rings. The predicted molar refractivity (Wildman–Crippen MR) is 111 cm³/mol. The largest absolute Gasteiger partial charge is 0.342 e. The van der Waals surface area contributed by atoms with Gasteiger partial charge >= 0.3 is 0 Å². The van der Waals surface area contributed by atoms with E-state index >= 15 is 0 Å². The number of carbonyl (C=O) groups is 1. The van der Waals surface area contributed by atoms with E-state index in [4.69, 9.17) is 0 Å². The lowest BCUT2D eigenvalue weighted by Gasteiger charge is -2.32. The molecule has 0 N–H and O–H groups in total. The monoisotopic (exact) mass is 413 g/mol. The van der Waals surface area contributed by atoms with Crippen molar-refractivity contribution in [3.63, 3.8) is 0 Å². The highest BCUT2D eigenvalue weighted by Crippen LogP contribution is 2.25. The summed E-state index contributed by atoms with van der Waals surface area (Å²) < 4.78 is 12.3. The molecule has 29 heavy (non-hydrogen) atoms. The fourth-order valence-electron chi connectivity index (χ4n) is 3.80. The van der Waals surface area contributed by atoms with Crippen LogP contribution in [0.15, 0.2) is 24.5 Å². The summed E-state index contributed by atoms with van der Waals surface area (Å²) in [5, 5.41) is 11.8. The first-order valence-corrected chi connectivity index (χ1v) is 10.8. The Labute approximate surface area is 173 Å². The number of pyridine rings is 2. The quantitative estimate of drug-likeness (QED) is 0.611. The van der Waals surface area contributed by atoms with Crippen LogP contribution in [0.2, 0.25) is 0 Å². The number of rotatable bonds is 6. The van der Waals surface area contributed by atoms with Gasteiger partial charge in [0.2, 0.25) is 5.91 Å². The Morgan fingerprint density at radius 3 is 2.69 bits per heavy atom. The Balaban J connectivity index is 1.43. The van der Waals surface area contributed by atoms with Gasteiger partial charge in [-0.3, -0.25) is 19.2 Å². The summed E-state index contributed by atoms with van der Waals surface area (Å²) in [4.78, 5) is 23.5. The zero-order valence-electron chi connectivity index (χ0n) is 16.5. The normalized spacial score (nSPS) is 15.2. The van der Waals surface area contributed by atoms with E-state index < -0.39 is 0 Å². The van der Waals surface area contributed by atoms with Crippen molar-refractivity contribution in [1.82, 2.24) is 25.1 Å². The molecule has 0 unspecified atom stereocenters. The molecule has 152 valence electrons. The first-order valence-electron chi connectivity index (χ1n) is 10.0. The third kappa shape index (κ3) is 4.75. The fourth-order valence-corrected chi connectivity index (χ4v) is 4.46. The minimum Gasteiger partial charge on any atom is -0.342 e. The van der Waals surface area contributed by atoms with Gasteiger partial charge in [0.25, 0.3) is 0 Å². The van der Waals surface area contributed by atoms with Crippen LogP contribution in [-0.4, -0.2) is 50.7 Å². The SMILES string of the molecule is Cc1nnc(-c2cc3cc(CC(=O)N4CCC(CCCF)CC4)ncc3cn2)s1. The van der Waals surface area contributed by atoms with Crippen molar-refractivity contribution >= 4 is 28.0 Å². The third-order valence-electron chi connectivity index (χ3n) is 5.45. The van der Waals surface area contributed by atoms with Gasteiger partial charge in [0, 0.05) is 30.9 Å². The number of halogens is 1. The predicted octanol–water partition coefficient (Wildman–Crippen LogP) is 3.99. The molecule has 8 heteroatoms. The lowest BCUT2D eigenvalue weighted by Crippen LogP contribution is -2.39. The van der Waals surface area contributed by atoms with E-state index in [-0.39, 0.29) is 12.6 Å². The number of aryl methyl sites for hydroxylation is 1. The summed E-state index contributed by atoms with van der Waals surface area (Å²) in [6.07, 6.45) is 7.33. The standard InChI is InChI=1S/C21H24FN5OS/c1-14-25-26-21(29-14)19-10-16-9-18(23-12-17(16)13-24-19)11-20(28)27-7-4-15(5-8-27)3-2-6-22/h9-10,12-13,15H,2-8,11H2,1H3. The second-order valence-electron chi connectivity index (χ2n) is 7.55. The molecule has 1 saturated heterocycles. The number of likely N-dealkylation sites (tertiary alicyclic amines) is 1. The summed E-state index contributed by atoms with van der Waals surface area (Å²) in [5.41, 5.74) is 1.54. The topological polar surface area (TPSA) is 71.9 Å². The molecule has 0 saturated carbocycles. The first kappa shape index (κ1) is 19.8. The van der Waals surface area contributed by atoms with Crippen molar-refractivity contribution < 1.29 is 9.18 Å². The van der Waals surface area contributed by atoms with Crippen LogP contribution in [0.4, 0.5) is 4.39 Å². The highest BCUT2D eigenvalue weighted by Gasteiger charge is 2.23. The van der Waals surface area contributed by atoms with Crippen LogP contribution in [0.5, 0.6) is 0 Å². The molecule has 0 bridgehead atoms. The van der Waals surface area contributed by atoms with Crippen molar-refractivity contribution in [2.45, 2.75) is 39.0 Å². The van der Waals surface area contributed by atoms with Crippen LogP contribution in [0, 0.1) is 12.8 Å². The molecule has 0 aliphatic carbocycles. The first-order chi connectivity index (χ1) is 14.1. The van der Waals surface area contributed by atoms with Gasteiger partial charge in [0.05, 0.1) is 18.8 Å². The van der Waals surface area contributed by atoms with Crippen molar-refractivity contribution in [2.24, 2.45) is 5.92 Å². The molecule has 0 atom stereocenters. The molecule has 6 nitrogen and oxygen atoms in total. The number of fused-ring (bicyclic) bond motifs is 1. The maximum Gasteiger partial charge on any atom is 0.228 e. The van der Waals surface area contributed by atoms with Crippen LogP contribution in [0.3, 0.4) is 0 Å². The molecule has 3 aromatic heterocycles. The summed E-state index contributed by atoms with van der Waals surface area (Å²) in [7, 11) is 0. The van der Waals surface area contributed by atoms with Crippen LogP contribution in [-0.2, 0) is 11.2 Å². The summed E-state index contributed by atoms with van der Waals surface area (Å²) >= 11 is 1.51. The molecule has 1 fully saturated rings. The van der Waals surface area contributed by atoms with Crippen molar-refractivity contribution in [2.75, 3.05) is 19.8 Å². The second-order valence-corrected chi connectivity index (χ2v) is 8.73. The number of hydrogen-bond donors (Lipinski definition) is 0. The van der Waals surface area contributed by atoms with Gasteiger partial charge in [-0.15, -0.1) is 10.2 Å². The van der Waals surface area contributed by atoms with Gasteiger partial charge in [0.15, 0.2) is 5.01 Å². The minimum atomic E-state index is -0.247. The molecular weight excluding hydrogens is 389 g/mol. The highest BCUT2D eigenvalue weighted by atomic mass is 32.1. The van der Waals surface area contributed by atoms with Crippen LogP contribution < -0.4 is 0 Å². The van der Waals surface area contributed by atoms with Gasteiger partial charge in [-0.1, -0.05) is 11.3 Å². The zero-order chi connectivity index (χ0) is 20.2. The molecular formula is C21H24FN5OS. The number of amides is 1. The van der Waals surface area contributed by atoms with Gasteiger partial charge in [0.1, 0.15) is 10.7 Å². The number of nitrogens with zero attached hydrogens (tertiary/aromatic N) is 5. The van der Waals surface area contributed by atoms with E-state index in [9.17, 15) is 9.18 Å². The fraction of sp³-hybridized carbons (Fsp3) is 0.476. The van der Waals surface area contributed by atoms with Crippen LogP contribution in [0.1, 0.15) is 36.4 Å². The summed E-state index contributed by atoms with van der Waals surface area (Å²) in [5.74, 6) is 0.651. The van der Waals surface area contributed by atoms with E-state index in [1.165, 1.54) is 11.3 Å². The Bertz CT molecular complexity index is 1000. The lowest BCUT2D eigenvalue weighted by molar-refractivity contribution is -0.131. The van der Waals surface area contributed by atoms with E-state index in [1.807, 2.05) is 24.0 Å². The molecule has 4 heterocycles. The Kier molecular flexibility index (Phi) is 6.08. The average Bonchev–Trinajstić information content (AvgIpc) is 3.18. The van der Waals surface area contributed by atoms with Gasteiger partial charge in [-0.05, 0) is 56.0 Å². The molecule has 0 aromatic carbocycles. The van der Waals surface area contributed by atoms with Gasteiger partial charge < -0.3 is 4.90 Å². The Hall–Kier alpha value is -2.48. The van der Waals surface area contributed by atoms with Gasteiger partial charge in [-0.25, -0.2) is 0 Å². The molecule has 0 spiro atoms. The molecule has 0 radical (unpaired) electrons. The number of piperidine rings is 1. The second kappa shape index (κ2) is 8.90. The van der Waals surface area contributed by atoms with Crippen molar-refractivity contribution in [3.05, 3.63) is 35.2 Å². The van der Waals surface area contributed by atoms with Crippen molar-refractivity contribution in [1.29, 1.82) is 0 Å². The number of carbonyl (C=O) groups excluding carboxylic acids is 1. The zero-order valence-corrected chi connectivity index (χ0v) is 17.3. The molecule has 1 aliphatic heterocycles. The minimum absolute atomic E-state index is 0.106. The van der Waals surface area contributed by atoms with E-state index in [1.54, 1.807) is 12.4 Å². The van der Waals surface area contributed by atoms with E-state index in [0.717, 1.165) is 64.5 Å². The maximum atomic E-state index is 12.7. The summed E-state index contributed by atoms with van der Waals surface area (Å²) in [6, 6.07) is 3.93. The Morgan fingerprint density at radius 2 is 1.97 bits per heavy atom. The van der Waals surface area contributed by atoms with E-state index in [0.29, 0.717) is 18.8 Å².